The van der Waals surface area contributed by atoms with E-state index in [2.05, 4.69) is 0 Å². The van der Waals surface area contributed by atoms with Crippen molar-refractivity contribution in [2.24, 2.45) is 0 Å². The number of aryl methyl sites for hydroxylation is 1. The van der Waals surface area contributed by atoms with E-state index in [1.807, 2.05) is 13.0 Å². The summed E-state index contributed by atoms with van der Waals surface area (Å²) in [6.45, 7) is 3.19. The van der Waals surface area contributed by atoms with Crippen molar-refractivity contribution in [3.05, 3.63) is 21.9 Å². The Bertz CT molecular complexity index is 473. The zero-order valence-corrected chi connectivity index (χ0v) is 10.8. The minimum absolute atomic E-state index is 0.189. The molecule has 1 rings (SSSR count). The number of rotatable bonds is 5. The number of carboxylic acid groups (broad SMARTS) is 1. The van der Waals surface area contributed by atoms with Crippen LogP contribution in [0.1, 0.15) is 23.6 Å². The normalized spacial score (nSPS) is 13.6. The van der Waals surface area contributed by atoms with E-state index in [1.165, 1.54) is 18.3 Å². The molecule has 0 aliphatic carbocycles. The van der Waals surface area contributed by atoms with Crippen LogP contribution in [-0.4, -0.2) is 24.7 Å². The second kappa shape index (κ2) is 4.97. The van der Waals surface area contributed by atoms with E-state index in [-0.39, 0.29) is 5.75 Å². The quantitative estimate of drug-likeness (QED) is 0.876. The van der Waals surface area contributed by atoms with Gasteiger partial charge in [0.25, 0.3) is 0 Å². The van der Waals surface area contributed by atoms with Crippen LogP contribution < -0.4 is 0 Å². The standard InChI is InChI=1S/C10H14O4S2/c1-3-8-4-5-9(15-8)6-16(13,14)7(2)10(11)12/h4-5,7H,3,6H2,1-2H3,(H,11,12). The van der Waals surface area contributed by atoms with E-state index in [0.29, 0.717) is 4.88 Å². The molecule has 0 bridgehead atoms. The molecule has 1 aromatic heterocycles. The molecule has 4 nitrogen and oxygen atoms in total. The topological polar surface area (TPSA) is 71.4 Å². The number of sulfone groups is 1. The molecule has 0 aromatic carbocycles. The Morgan fingerprint density at radius 3 is 2.44 bits per heavy atom. The van der Waals surface area contributed by atoms with Gasteiger partial charge < -0.3 is 5.11 Å². The Labute approximate surface area is 98.8 Å². The number of hydrogen-bond donors (Lipinski definition) is 1. The Morgan fingerprint density at radius 2 is 2.00 bits per heavy atom. The summed E-state index contributed by atoms with van der Waals surface area (Å²) in [7, 11) is -3.60. The molecule has 0 saturated carbocycles. The molecular weight excluding hydrogens is 248 g/mol. The molecule has 0 aliphatic heterocycles. The molecule has 1 aromatic rings. The van der Waals surface area contributed by atoms with Crippen LogP contribution in [0.3, 0.4) is 0 Å². The monoisotopic (exact) mass is 262 g/mol. The molecule has 1 N–H and O–H groups in total. The van der Waals surface area contributed by atoms with Crippen molar-refractivity contribution < 1.29 is 18.3 Å². The zero-order chi connectivity index (χ0) is 12.3. The second-order valence-electron chi connectivity index (χ2n) is 3.51. The van der Waals surface area contributed by atoms with Crippen molar-refractivity contribution in [2.75, 3.05) is 0 Å². The summed E-state index contributed by atoms with van der Waals surface area (Å²) in [4.78, 5) is 12.4. The molecular formula is C10H14O4S2. The third kappa shape index (κ3) is 3.05. The molecule has 0 aliphatic rings. The molecule has 16 heavy (non-hydrogen) atoms. The highest BCUT2D eigenvalue weighted by Crippen LogP contribution is 2.21. The van der Waals surface area contributed by atoms with Crippen LogP contribution in [0.25, 0.3) is 0 Å². The van der Waals surface area contributed by atoms with Gasteiger partial charge in [0.05, 0.1) is 5.75 Å². The summed E-state index contributed by atoms with van der Waals surface area (Å²) in [5, 5.41) is 7.32. The van der Waals surface area contributed by atoms with Crippen molar-refractivity contribution in [1.82, 2.24) is 0 Å². The summed E-state index contributed by atoms with van der Waals surface area (Å²) in [6.07, 6.45) is 0.860. The predicted molar refractivity (Wildman–Crippen MR) is 63.4 cm³/mol. The SMILES string of the molecule is CCc1ccc(CS(=O)(=O)C(C)C(=O)O)s1. The van der Waals surface area contributed by atoms with E-state index >= 15 is 0 Å². The van der Waals surface area contributed by atoms with Gasteiger partial charge in [-0.2, -0.15) is 0 Å². The van der Waals surface area contributed by atoms with E-state index in [9.17, 15) is 13.2 Å². The van der Waals surface area contributed by atoms with Gasteiger partial charge in [0, 0.05) is 9.75 Å². The van der Waals surface area contributed by atoms with E-state index < -0.39 is 21.1 Å². The molecule has 6 heteroatoms. The molecule has 1 heterocycles. The van der Waals surface area contributed by atoms with Gasteiger partial charge in [0.2, 0.25) is 0 Å². The van der Waals surface area contributed by atoms with Crippen LogP contribution in [0.5, 0.6) is 0 Å². The number of carbonyl (C=O) groups is 1. The van der Waals surface area contributed by atoms with Crippen molar-refractivity contribution in [3.8, 4) is 0 Å². The Kier molecular flexibility index (Phi) is 4.09. The Balaban J connectivity index is 2.84. The molecule has 1 atom stereocenters. The van der Waals surface area contributed by atoms with Gasteiger partial charge in [-0.15, -0.1) is 11.3 Å². The maximum Gasteiger partial charge on any atom is 0.321 e. The number of aliphatic carboxylic acids is 1. The third-order valence-electron chi connectivity index (χ3n) is 2.30. The first-order chi connectivity index (χ1) is 7.36. The average molecular weight is 262 g/mol. The van der Waals surface area contributed by atoms with Crippen LogP contribution >= 0.6 is 11.3 Å². The lowest BCUT2D eigenvalue weighted by Crippen LogP contribution is -2.27. The van der Waals surface area contributed by atoms with Crippen LogP contribution in [0.4, 0.5) is 0 Å². The number of carboxylic acids is 1. The maximum absolute atomic E-state index is 11.7. The lowest BCUT2D eigenvalue weighted by atomic mass is 10.4. The minimum atomic E-state index is -3.60. The van der Waals surface area contributed by atoms with E-state index in [1.54, 1.807) is 6.07 Å². The van der Waals surface area contributed by atoms with Gasteiger partial charge >= 0.3 is 5.97 Å². The second-order valence-corrected chi connectivity index (χ2v) is 7.08. The largest absolute Gasteiger partial charge is 0.480 e. The van der Waals surface area contributed by atoms with Crippen LogP contribution in [0.2, 0.25) is 0 Å². The minimum Gasteiger partial charge on any atom is -0.480 e. The fourth-order valence-electron chi connectivity index (χ4n) is 1.17. The molecule has 0 amide bonds. The highest BCUT2D eigenvalue weighted by molar-refractivity contribution is 7.92. The van der Waals surface area contributed by atoms with Crippen molar-refractivity contribution in [1.29, 1.82) is 0 Å². The summed E-state index contributed by atoms with van der Waals surface area (Å²) < 4.78 is 23.3. The third-order valence-corrected chi connectivity index (χ3v) is 5.70. The van der Waals surface area contributed by atoms with Gasteiger partial charge in [-0.05, 0) is 25.5 Å². The lowest BCUT2D eigenvalue weighted by molar-refractivity contribution is -0.136. The number of hydrogen-bond acceptors (Lipinski definition) is 4. The van der Waals surface area contributed by atoms with Gasteiger partial charge in [-0.3, -0.25) is 4.79 Å². The highest BCUT2D eigenvalue weighted by Gasteiger charge is 2.28. The fourth-order valence-corrected chi connectivity index (χ4v) is 3.70. The Morgan fingerprint density at radius 1 is 1.44 bits per heavy atom. The molecule has 0 spiro atoms. The highest BCUT2D eigenvalue weighted by atomic mass is 32.2. The average Bonchev–Trinajstić information content (AvgIpc) is 2.63. The molecule has 0 saturated heterocycles. The Hall–Kier alpha value is -0.880. The van der Waals surface area contributed by atoms with Gasteiger partial charge in [-0.1, -0.05) is 6.92 Å². The van der Waals surface area contributed by atoms with E-state index in [4.69, 9.17) is 5.11 Å². The van der Waals surface area contributed by atoms with Crippen molar-refractivity contribution in [3.63, 3.8) is 0 Å². The van der Waals surface area contributed by atoms with E-state index in [0.717, 1.165) is 11.3 Å². The van der Waals surface area contributed by atoms with Gasteiger partial charge in [0.15, 0.2) is 15.1 Å². The van der Waals surface area contributed by atoms with Gasteiger partial charge in [0.1, 0.15) is 0 Å². The first kappa shape index (κ1) is 13.2. The predicted octanol–water partition coefficient (Wildman–Crippen LogP) is 1.70. The first-order valence-corrected chi connectivity index (χ1v) is 7.42. The number of thiophene rings is 1. The summed E-state index contributed by atoms with van der Waals surface area (Å²) >= 11 is 1.42. The summed E-state index contributed by atoms with van der Waals surface area (Å²) in [5.41, 5.74) is 0. The molecule has 1 unspecified atom stereocenters. The smallest absolute Gasteiger partial charge is 0.321 e. The lowest BCUT2D eigenvalue weighted by Gasteiger charge is -2.06. The van der Waals surface area contributed by atoms with Crippen LogP contribution in [0, 0.1) is 0 Å². The summed E-state index contributed by atoms with van der Waals surface area (Å²) in [6, 6.07) is 3.62. The summed E-state index contributed by atoms with van der Waals surface area (Å²) in [5.74, 6) is -1.49. The zero-order valence-electron chi connectivity index (χ0n) is 9.13. The molecule has 0 radical (unpaired) electrons. The van der Waals surface area contributed by atoms with Crippen LogP contribution in [-0.2, 0) is 26.8 Å². The fraction of sp³-hybridized carbons (Fsp3) is 0.500. The van der Waals surface area contributed by atoms with Gasteiger partial charge in [-0.25, -0.2) is 8.42 Å². The molecule has 0 fully saturated rings. The van der Waals surface area contributed by atoms with Crippen molar-refractivity contribution >= 4 is 27.1 Å². The van der Waals surface area contributed by atoms with Crippen molar-refractivity contribution in [2.45, 2.75) is 31.3 Å². The first-order valence-electron chi connectivity index (χ1n) is 4.88. The maximum atomic E-state index is 11.7. The molecule has 90 valence electrons. The van der Waals surface area contributed by atoms with Crippen LogP contribution in [0.15, 0.2) is 12.1 Å².